The fraction of sp³-hybridized carbons (Fsp3) is 0.105. The van der Waals surface area contributed by atoms with Crippen LogP contribution < -0.4 is 10.6 Å². The second-order valence-electron chi connectivity index (χ2n) is 5.77. The number of esters is 1. The van der Waals surface area contributed by atoms with Crippen LogP contribution in [0.2, 0.25) is 15.1 Å². The number of methoxy groups -OCH3 is 1. The van der Waals surface area contributed by atoms with E-state index in [0.29, 0.717) is 20.1 Å². The van der Waals surface area contributed by atoms with Crippen LogP contribution >= 0.6 is 46.1 Å². The normalized spacial score (nSPS) is 10.6. The smallest absolute Gasteiger partial charge is 0.339 e. The van der Waals surface area contributed by atoms with Crippen LogP contribution in [0, 0.1) is 0 Å². The van der Waals surface area contributed by atoms with Gasteiger partial charge in [-0.25, -0.2) is 4.79 Å². The van der Waals surface area contributed by atoms with E-state index in [4.69, 9.17) is 34.8 Å². The number of anilines is 1. The third-order valence-electron chi connectivity index (χ3n) is 3.87. The quantitative estimate of drug-likeness (QED) is 0.512. The zero-order valence-electron chi connectivity index (χ0n) is 14.8. The summed E-state index contributed by atoms with van der Waals surface area (Å²) in [7, 11) is 1.25. The van der Waals surface area contributed by atoms with Crippen LogP contribution in [0.25, 0.3) is 10.1 Å². The molecule has 2 aromatic carbocycles. The first kappa shape index (κ1) is 21.4. The molecular formula is C19H13Cl3N2O4S. The number of ether oxygens (including phenoxy) is 1. The Bertz CT molecular complexity index is 1130. The number of thiophene rings is 1. The third-order valence-corrected chi connectivity index (χ3v) is 6.01. The van der Waals surface area contributed by atoms with Crippen molar-refractivity contribution in [2.45, 2.75) is 0 Å². The first-order valence-corrected chi connectivity index (χ1v) is 10.1. The van der Waals surface area contributed by atoms with Crippen LogP contribution in [0.4, 0.5) is 5.69 Å². The summed E-state index contributed by atoms with van der Waals surface area (Å²) < 4.78 is 5.34. The van der Waals surface area contributed by atoms with E-state index < -0.39 is 17.8 Å². The molecule has 2 N–H and O–H groups in total. The minimum absolute atomic E-state index is 0.195. The summed E-state index contributed by atoms with van der Waals surface area (Å²) in [6.45, 7) is -0.326. The van der Waals surface area contributed by atoms with Crippen LogP contribution in [0.3, 0.4) is 0 Å². The second-order valence-corrected chi connectivity index (χ2v) is 8.05. The molecule has 1 heterocycles. The van der Waals surface area contributed by atoms with E-state index in [2.05, 4.69) is 15.4 Å². The van der Waals surface area contributed by atoms with Gasteiger partial charge in [-0.2, -0.15) is 0 Å². The number of halogens is 3. The van der Waals surface area contributed by atoms with Crippen molar-refractivity contribution in [1.29, 1.82) is 0 Å². The monoisotopic (exact) mass is 470 g/mol. The summed E-state index contributed by atoms with van der Waals surface area (Å²) in [5, 5.41) is 6.56. The van der Waals surface area contributed by atoms with E-state index in [9.17, 15) is 14.4 Å². The molecule has 0 unspecified atom stereocenters. The van der Waals surface area contributed by atoms with Crippen LogP contribution in [0.1, 0.15) is 20.0 Å². The maximum Gasteiger partial charge on any atom is 0.339 e. The lowest BCUT2D eigenvalue weighted by Gasteiger charge is -2.10. The molecule has 3 aromatic rings. The Morgan fingerprint density at radius 2 is 1.83 bits per heavy atom. The molecule has 0 aliphatic carbocycles. The number of nitrogens with one attached hydrogen (secondary N) is 2. The van der Waals surface area contributed by atoms with Crippen LogP contribution in [-0.4, -0.2) is 31.4 Å². The van der Waals surface area contributed by atoms with Gasteiger partial charge in [-0.05, 0) is 24.3 Å². The van der Waals surface area contributed by atoms with Gasteiger partial charge in [0, 0.05) is 15.1 Å². The lowest BCUT2D eigenvalue weighted by Crippen LogP contribution is -2.32. The number of fused-ring (bicyclic) bond motifs is 1. The van der Waals surface area contributed by atoms with Gasteiger partial charge in [0.25, 0.3) is 5.91 Å². The average Bonchev–Trinajstić information content (AvgIpc) is 3.02. The summed E-state index contributed by atoms with van der Waals surface area (Å²) in [5.41, 5.74) is 0.480. The van der Waals surface area contributed by atoms with Gasteiger partial charge in [-0.1, -0.05) is 46.9 Å². The van der Waals surface area contributed by atoms with Crippen molar-refractivity contribution < 1.29 is 19.1 Å². The second kappa shape index (κ2) is 9.00. The first-order chi connectivity index (χ1) is 13.8. The highest BCUT2D eigenvalue weighted by Crippen LogP contribution is 2.41. The van der Waals surface area contributed by atoms with E-state index in [-0.39, 0.29) is 27.7 Å². The molecule has 150 valence electrons. The molecule has 10 heteroatoms. The molecule has 0 radical (unpaired) electrons. The summed E-state index contributed by atoms with van der Waals surface area (Å²) in [4.78, 5) is 36.7. The lowest BCUT2D eigenvalue weighted by molar-refractivity contribution is -0.115. The fourth-order valence-electron chi connectivity index (χ4n) is 2.57. The minimum Gasteiger partial charge on any atom is -0.465 e. The van der Waals surface area contributed by atoms with Crippen molar-refractivity contribution in [2.24, 2.45) is 0 Å². The Morgan fingerprint density at radius 1 is 1.10 bits per heavy atom. The molecule has 0 bridgehead atoms. The number of carbonyl (C=O) groups excluding carboxylic acids is 3. The molecule has 0 aliphatic heterocycles. The molecule has 0 saturated heterocycles. The molecule has 3 rings (SSSR count). The van der Waals surface area contributed by atoms with Crippen molar-refractivity contribution in [2.75, 3.05) is 19.0 Å². The zero-order valence-corrected chi connectivity index (χ0v) is 17.9. The molecule has 1 aromatic heterocycles. The number of rotatable bonds is 5. The predicted molar refractivity (Wildman–Crippen MR) is 116 cm³/mol. The molecule has 0 saturated carbocycles. The minimum atomic E-state index is -0.586. The number of amides is 2. The van der Waals surface area contributed by atoms with E-state index in [1.54, 1.807) is 24.3 Å². The van der Waals surface area contributed by atoms with Crippen molar-refractivity contribution in [3.05, 3.63) is 61.9 Å². The molecule has 0 aliphatic rings. The van der Waals surface area contributed by atoms with Gasteiger partial charge in [0.05, 0.1) is 35.0 Å². The Hall–Kier alpha value is -2.32. The third kappa shape index (κ3) is 4.64. The molecule has 29 heavy (non-hydrogen) atoms. The summed E-state index contributed by atoms with van der Waals surface area (Å²) in [6, 6.07) is 9.58. The molecule has 2 amide bonds. The molecular weight excluding hydrogens is 459 g/mol. The maximum absolute atomic E-state index is 12.5. The zero-order chi connectivity index (χ0) is 21.1. The highest BCUT2D eigenvalue weighted by atomic mass is 35.5. The standard InChI is InChI=1S/C19H13Cl3N2O4S/c1-28-19(27)10-4-2-3-5-12(10)24-14(25)8-23-18(26)17-16(22)15-11(21)6-9(20)7-13(15)29-17/h2-7H,8H2,1H3,(H,23,26)(H,24,25). The summed E-state index contributed by atoms with van der Waals surface area (Å²) >= 11 is 19.6. The molecule has 0 fully saturated rings. The van der Waals surface area contributed by atoms with E-state index in [1.165, 1.54) is 19.2 Å². The Balaban J connectivity index is 1.71. The van der Waals surface area contributed by atoms with Gasteiger partial charge in [0.2, 0.25) is 5.91 Å². The van der Waals surface area contributed by atoms with Crippen molar-refractivity contribution in [1.82, 2.24) is 5.32 Å². The van der Waals surface area contributed by atoms with Gasteiger partial charge < -0.3 is 15.4 Å². The number of hydrogen-bond acceptors (Lipinski definition) is 5. The molecule has 6 nitrogen and oxygen atoms in total. The highest BCUT2D eigenvalue weighted by Gasteiger charge is 2.20. The van der Waals surface area contributed by atoms with Crippen molar-refractivity contribution in [3.63, 3.8) is 0 Å². The van der Waals surface area contributed by atoms with Crippen LogP contribution in [0.5, 0.6) is 0 Å². The summed E-state index contributed by atoms with van der Waals surface area (Å²) in [5.74, 6) is -1.63. The lowest BCUT2D eigenvalue weighted by atomic mass is 10.2. The Labute approximate surface area is 184 Å². The fourth-order valence-corrected chi connectivity index (χ4v) is 4.87. The SMILES string of the molecule is COC(=O)c1ccccc1NC(=O)CNC(=O)c1sc2cc(Cl)cc(Cl)c2c1Cl. The Kier molecular flexibility index (Phi) is 6.64. The van der Waals surface area contributed by atoms with E-state index >= 15 is 0 Å². The number of benzene rings is 2. The predicted octanol–water partition coefficient (Wildman–Crippen LogP) is 5.02. The van der Waals surface area contributed by atoms with Gasteiger partial charge in [0.1, 0.15) is 4.88 Å². The first-order valence-electron chi connectivity index (χ1n) is 8.14. The highest BCUT2D eigenvalue weighted by molar-refractivity contribution is 7.21. The molecule has 0 spiro atoms. The van der Waals surface area contributed by atoms with E-state index in [1.807, 2.05) is 0 Å². The number of carbonyl (C=O) groups is 3. The van der Waals surface area contributed by atoms with Gasteiger partial charge in [-0.15, -0.1) is 11.3 Å². The van der Waals surface area contributed by atoms with Gasteiger partial charge >= 0.3 is 5.97 Å². The molecule has 0 atom stereocenters. The van der Waals surface area contributed by atoms with Crippen LogP contribution in [-0.2, 0) is 9.53 Å². The topological polar surface area (TPSA) is 84.5 Å². The van der Waals surface area contributed by atoms with Crippen molar-refractivity contribution in [3.8, 4) is 0 Å². The number of para-hydroxylation sites is 1. The number of hydrogen-bond donors (Lipinski definition) is 2. The Morgan fingerprint density at radius 3 is 2.55 bits per heavy atom. The average molecular weight is 472 g/mol. The van der Waals surface area contributed by atoms with Crippen LogP contribution in [0.15, 0.2) is 36.4 Å². The maximum atomic E-state index is 12.5. The summed E-state index contributed by atoms with van der Waals surface area (Å²) in [6.07, 6.45) is 0. The van der Waals surface area contributed by atoms with E-state index in [0.717, 1.165) is 11.3 Å². The van der Waals surface area contributed by atoms with Gasteiger partial charge in [-0.3, -0.25) is 9.59 Å². The van der Waals surface area contributed by atoms with Gasteiger partial charge in [0.15, 0.2) is 0 Å². The van der Waals surface area contributed by atoms with Crippen molar-refractivity contribution >= 4 is 79.7 Å². The largest absolute Gasteiger partial charge is 0.465 e.